The van der Waals surface area contributed by atoms with Crippen LogP contribution in [0.4, 0.5) is 5.69 Å². The maximum Gasteiger partial charge on any atom is 0.255 e. The van der Waals surface area contributed by atoms with Crippen LogP contribution in [-0.4, -0.2) is 10.9 Å². The van der Waals surface area contributed by atoms with Crippen LogP contribution < -0.4 is 5.32 Å². The Hall–Kier alpha value is -2.25. The number of hydrogen-bond donors (Lipinski definition) is 1. The molecule has 0 aliphatic carbocycles. The second kappa shape index (κ2) is 7.17. The average Bonchev–Trinajstić information content (AvgIpc) is 3.08. The Balaban J connectivity index is 1.65. The first-order chi connectivity index (χ1) is 12.6. The minimum Gasteiger partial charge on any atom is -0.322 e. The highest BCUT2D eigenvalue weighted by molar-refractivity contribution is 14.1. The molecule has 0 bridgehead atoms. The van der Waals surface area contributed by atoms with E-state index in [9.17, 15) is 4.79 Å². The molecular weight excluding hydrogens is 455 g/mol. The van der Waals surface area contributed by atoms with Crippen molar-refractivity contribution in [1.82, 2.24) is 4.98 Å². The Morgan fingerprint density at radius 2 is 1.81 bits per heavy atom. The van der Waals surface area contributed by atoms with Crippen molar-refractivity contribution in [3.63, 3.8) is 0 Å². The van der Waals surface area contributed by atoms with Crippen molar-refractivity contribution < 1.29 is 4.79 Å². The van der Waals surface area contributed by atoms with E-state index in [1.807, 2.05) is 67.6 Å². The summed E-state index contributed by atoms with van der Waals surface area (Å²) in [6, 6.07) is 21.7. The molecule has 0 radical (unpaired) electrons. The number of carbonyl (C=O) groups excluding carboxylic acids is 1. The lowest BCUT2D eigenvalue weighted by molar-refractivity contribution is 0.102. The van der Waals surface area contributed by atoms with Crippen LogP contribution in [-0.2, 0) is 0 Å². The highest BCUT2D eigenvalue weighted by atomic mass is 127. The van der Waals surface area contributed by atoms with Crippen LogP contribution >= 0.6 is 33.9 Å². The Morgan fingerprint density at radius 3 is 2.58 bits per heavy atom. The van der Waals surface area contributed by atoms with Gasteiger partial charge in [0, 0.05) is 20.4 Å². The summed E-state index contributed by atoms with van der Waals surface area (Å²) >= 11 is 3.88. The number of nitrogens with one attached hydrogen (secondary N) is 1. The minimum absolute atomic E-state index is 0.106. The van der Waals surface area contributed by atoms with Crippen LogP contribution in [0.2, 0.25) is 0 Å². The van der Waals surface area contributed by atoms with Crippen LogP contribution in [0.3, 0.4) is 0 Å². The van der Waals surface area contributed by atoms with Crippen molar-refractivity contribution >= 4 is 55.7 Å². The number of thiazole rings is 1. The maximum absolute atomic E-state index is 12.5. The fourth-order valence-electron chi connectivity index (χ4n) is 2.68. The Kier molecular flexibility index (Phi) is 4.74. The van der Waals surface area contributed by atoms with Crippen LogP contribution in [0.5, 0.6) is 0 Å². The second-order valence-electron chi connectivity index (χ2n) is 5.98. The molecule has 1 N–H and O–H groups in total. The van der Waals surface area contributed by atoms with Crippen molar-refractivity contribution in [3.05, 3.63) is 81.4 Å². The largest absolute Gasteiger partial charge is 0.322 e. The first-order valence-electron chi connectivity index (χ1n) is 8.14. The molecule has 4 rings (SSSR count). The molecule has 0 spiro atoms. The summed E-state index contributed by atoms with van der Waals surface area (Å²) in [4.78, 5) is 17.2. The standard InChI is InChI=1S/C21H15IN2OS/c1-13-6-7-15(21-24-17-4-2-3-5-19(17)26-21)12-18(13)23-20(25)14-8-10-16(22)11-9-14/h2-12H,1H3,(H,23,25). The lowest BCUT2D eigenvalue weighted by Crippen LogP contribution is -2.12. The van der Waals surface area contributed by atoms with E-state index in [1.165, 1.54) is 0 Å². The summed E-state index contributed by atoms with van der Waals surface area (Å²) in [5.41, 5.74) is 4.49. The van der Waals surface area contributed by atoms with Gasteiger partial charge in [0.05, 0.1) is 10.2 Å². The van der Waals surface area contributed by atoms with E-state index in [2.05, 4.69) is 34.0 Å². The molecule has 0 unspecified atom stereocenters. The number of carbonyl (C=O) groups is 1. The lowest BCUT2D eigenvalue weighted by Gasteiger charge is -2.10. The predicted molar refractivity (Wildman–Crippen MR) is 117 cm³/mol. The van der Waals surface area contributed by atoms with Gasteiger partial charge in [-0.3, -0.25) is 4.79 Å². The van der Waals surface area contributed by atoms with Crippen molar-refractivity contribution in [3.8, 4) is 10.6 Å². The van der Waals surface area contributed by atoms with Gasteiger partial charge < -0.3 is 5.32 Å². The smallest absolute Gasteiger partial charge is 0.255 e. The summed E-state index contributed by atoms with van der Waals surface area (Å²) in [7, 11) is 0. The van der Waals surface area contributed by atoms with Crippen LogP contribution in [0, 0.1) is 10.5 Å². The summed E-state index contributed by atoms with van der Waals surface area (Å²) in [6.07, 6.45) is 0. The monoisotopic (exact) mass is 470 g/mol. The SMILES string of the molecule is Cc1ccc(-c2nc3ccccc3s2)cc1NC(=O)c1ccc(I)cc1. The highest BCUT2D eigenvalue weighted by Gasteiger charge is 2.11. The molecule has 0 saturated heterocycles. The second-order valence-corrected chi connectivity index (χ2v) is 8.25. The number of halogens is 1. The molecule has 0 aliphatic rings. The fraction of sp³-hybridized carbons (Fsp3) is 0.0476. The number of benzene rings is 3. The molecule has 0 aliphatic heterocycles. The molecule has 0 saturated carbocycles. The van der Waals surface area contributed by atoms with Gasteiger partial charge in [-0.15, -0.1) is 11.3 Å². The van der Waals surface area contributed by atoms with Crippen LogP contribution in [0.15, 0.2) is 66.7 Å². The number of anilines is 1. The zero-order valence-corrected chi connectivity index (χ0v) is 17.0. The highest BCUT2D eigenvalue weighted by Crippen LogP contribution is 2.32. The molecule has 0 atom stereocenters. The molecule has 1 amide bonds. The molecule has 128 valence electrons. The Labute approximate surface area is 169 Å². The molecule has 1 heterocycles. The van der Waals surface area contributed by atoms with Gasteiger partial charge in [0.2, 0.25) is 0 Å². The quantitative estimate of drug-likeness (QED) is 0.366. The maximum atomic E-state index is 12.5. The van der Waals surface area contributed by atoms with E-state index >= 15 is 0 Å². The Bertz CT molecular complexity index is 1070. The normalized spacial score (nSPS) is 10.8. The van der Waals surface area contributed by atoms with E-state index in [1.54, 1.807) is 11.3 Å². The summed E-state index contributed by atoms with van der Waals surface area (Å²) in [5.74, 6) is -0.106. The third-order valence-electron chi connectivity index (χ3n) is 4.13. The topological polar surface area (TPSA) is 42.0 Å². The number of para-hydroxylation sites is 1. The van der Waals surface area contributed by atoms with Gasteiger partial charge in [0.1, 0.15) is 5.01 Å². The van der Waals surface area contributed by atoms with Crippen molar-refractivity contribution in [1.29, 1.82) is 0 Å². The number of aryl methyl sites for hydroxylation is 1. The number of amides is 1. The zero-order valence-electron chi connectivity index (χ0n) is 14.0. The number of hydrogen-bond acceptors (Lipinski definition) is 3. The van der Waals surface area contributed by atoms with E-state index in [4.69, 9.17) is 4.98 Å². The predicted octanol–water partition coefficient (Wildman–Crippen LogP) is 6.13. The van der Waals surface area contributed by atoms with Gasteiger partial charge in [-0.25, -0.2) is 4.98 Å². The summed E-state index contributed by atoms with van der Waals surface area (Å²) in [5, 5.41) is 3.98. The first kappa shape index (κ1) is 17.2. The molecule has 3 aromatic carbocycles. The van der Waals surface area contributed by atoms with Crippen molar-refractivity contribution in [2.45, 2.75) is 6.92 Å². The van der Waals surface area contributed by atoms with Gasteiger partial charge in [-0.1, -0.05) is 24.3 Å². The minimum atomic E-state index is -0.106. The molecular formula is C21H15IN2OS. The van der Waals surface area contributed by atoms with E-state index in [0.717, 1.165) is 35.6 Å². The van der Waals surface area contributed by atoms with E-state index in [0.29, 0.717) is 5.56 Å². The summed E-state index contributed by atoms with van der Waals surface area (Å²) in [6.45, 7) is 1.99. The fourth-order valence-corrected chi connectivity index (χ4v) is 4.00. The van der Waals surface area contributed by atoms with Gasteiger partial charge in [0.15, 0.2) is 0 Å². The molecule has 1 aromatic heterocycles. The molecule has 5 heteroatoms. The van der Waals surface area contributed by atoms with Gasteiger partial charge in [0.25, 0.3) is 5.91 Å². The average molecular weight is 470 g/mol. The van der Waals surface area contributed by atoms with Crippen LogP contribution in [0.25, 0.3) is 20.8 Å². The van der Waals surface area contributed by atoms with Crippen LogP contribution in [0.1, 0.15) is 15.9 Å². The molecule has 26 heavy (non-hydrogen) atoms. The van der Waals surface area contributed by atoms with Crippen molar-refractivity contribution in [2.75, 3.05) is 5.32 Å². The third-order valence-corrected chi connectivity index (χ3v) is 5.94. The van der Waals surface area contributed by atoms with Gasteiger partial charge >= 0.3 is 0 Å². The number of fused-ring (bicyclic) bond motifs is 1. The number of aromatic nitrogens is 1. The van der Waals surface area contributed by atoms with Gasteiger partial charge in [-0.05, 0) is 77.5 Å². The van der Waals surface area contributed by atoms with E-state index in [-0.39, 0.29) is 5.91 Å². The molecule has 4 aromatic rings. The lowest BCUT2D eigenvalue weighted by atomic mass is 10.1. The van der Waals surface area contributed by atoms with Crippen molar-refractivity contribution in [2.24, 2.45) is 0 Å². The molecule has 0 fully saturated rings. The zero-order chi connectivity index (χ0) is 18.1. The first-order valence-corrected chi connectivity index (χ1v) is 10.0. The number of rotatable bonds is 3. The number of nitrogens with zero attached hydrogens (tertiary/aromatic N) is 1. The van der Waals surface area contributed by atoms with Gasteiger partial charge in [-0.2, -0.15) is 0 Å². The molecule has 3 nitrogen and oxygen atoms in total. The Morgan fingerprint density at radius 1 is 1.04 bits per heavy atom. The summed E-state index contributed by atoms with van der Waals surface area (Å²) < 4.78 is 2.26. The van der Waals surface area contributed by atoms with E-state index < -0.39 is 0 Å². The third kappa shape index (κ3) is 3.50.